The average Bonchev–Trinajstić information content (AvgIpc) is 2.44. The molecule has 132 valence electrons. The fourth-order valence-electron chi connectivity index (χ4n) is 5.93. The molecule has 0 heterocycles. The van der Waals surface area contributed by atoms with Crippen LogP contribution in [0.25, 0.3) is 0 Å². The van der Waals surface area contributed by atoms with E-state index in [9.17, 15) is 23.4 Å². The quantitative estimate of drug-likeness (QED) is 0.709. The number of Topliss-reactive ketones (excluding diaryl/α,β-unsaturated/α-hetero) is 1. The van der Waals surface area contributed by atoms with E-state index >= 15 is 0 Å². The van der Waals surface area contributed by atoms with Gasteiger partial charge in [0.1, 0.15) is 18.0 Å². The second kappa shape index (κ2) is 4.77. The van der Waals surface area contributed by atoms with Crippen LogP contribution in [0.5, 0.6) is 0 Å². The van der Waals surface area contributed by atoms with Crippen LogP contribution in [0.4, 0.5) is 0 Å². The lowest BCUT2D eigenvalue weighted by Gasteiger charge is -2.68. The fourth-order valence-corrected chi connectivity index (χ4v) is 6.63. The molecule has 7 heteroatoms. The van der Waals surface area contributed by atoms with Crippen LogP contribution in [0.3, 0.4) is 0 Å². The summed E-state index contributed by atoms with van der Waals surface area (Å²) in [6.45, 7) is 7.51. The van der Waals surface area contributed by atoms with E-state index in [1.54, 1.807) is 0 Å². The Morgan fingerprint density at radius 2 is 1.74 bits per heavy atom. The van der Waals surface area contributed by atoms with Crippen LogP contribution >= 0.6 is 0 Å². The number of aliphatic hydroxyl groups excluding tert-OH is 2. The maximum atomic E-state index is 12.7. The smallest absolute Gasteiger partial charge is 0.264 e. The number of ketones is 1. The number of carbonyl (C=O) groups excluding carboxylic acids is 1. The van der Waals surface area contributed by atoms with Gasteiger partial charge in [-0.25, -0.2) is 0 Å². The molecule has 0 aromatic rings. The first-order chi connectivity index (χ1) is 10.3. The molecule has 0 radical (unpaired) electrons. The predicted octanol–water partition coefficient (Wildman–Crippen LogP) is 0.570. The third-order valence-electron chi connectivity index (χ3n) is 6.76. The minimum Gasteiger partial charge on any atom is -0.390 e. The van der Waals surface area contributed by atoms with Crippen LogP contribution in [-0.4, -0.2) is 49.0 Å². The molecule has 2 N–H and O–H groups in total. The van der Waals surface area contributed by atoms with Crippen molar-refractivity contribution in [3.8, 4) is 0 Å². The Morgan fingerprint density at radius 3 is 2.22 bits per heavy atom. The van der Waals surface area contributed by atoms with Crippen molar-refractivity contribution in [2.75, 3.05) is 6.26 Å². The van der Waals surface area contributed by atoms with Crippen molar-refractivity contribution in [1.82, 2.24) is 0 Å². The third-order valence-corrected chi connectivity index (χ3v) is 7.32. The van der Waals surface area contributed by atoms with Crippen molar-refractivity contribution in [2.24, 2.45) is 34.5 Å². The van der Waals surface area contributed by atoms with Crippen LogP contribution < -0.4 is 0 Å². The lowest BCUT2D eigenvalue weighted by atomic mass is 9.35. The Balaban J connectivity index is 2.17. The summed E-state index contributed by atoms with van der Waals surface area (Å²) in [5.41, 5.74) is -1.45. The van der Waals surface area contributed by atoms with Crippen LogP contribution in [-0.2, 0) is 19.1 Å². The zero-order valence-corrected chi connectivity index (χ0v) is 15.0. The van der Waals surface area contributed by atoms with Gasteiger partial charge in [-0.3, -0.25) is 8.98 Å². The molecule has 23 heavy (non-hydrogen) atoms. The molecule has 4 saturated carbocycles. The third kappa shape index (κ3) is 2.09. The first kappa shape index (κ1) is 17.3. The van der Waals surface area contributed by atoms with Gasteiger partial charge in [-0.2, -0.15) is 8.42 Å². The highest BCUT2D eigenvalue weighted by Gasteiger charge is 2.76. The molecule has 6 nitrogen and oxygen atoms in total. The molecular weight excluding hydrogens is 320 g/mol. The molecule has 8 atom stereocenters. The zero-order chi connectivity index (χ0) is 17.5. The van der Waals surface area contributed by atoms with Crippen molar-refractivity contribution in [3.05, 3.63) is 0 Å². The standard InChI is InChI=1S/C16H26O6S/c1-7-6-8(17)10-11-9(7)16(10,4)14(22-23(5,20)21)12(18)13(19)15(11,2)3/h7,9-14,18-19H,6H2,1-5H3/t7-,9+,10-,11+,12-,13-,14-,16-/m1/s1. The fraction of sp³-hybridized carbons (Fsp3) is 0.938. The van der Waals surface area contributed by atoms with E-state index in [1.165, 1.54) is 0 Å². The first-order valence-corrected chi connectivity index (χ1v) is 9.92. The summed E-state index contributed by atoms with van der Waals surface area (Å²) in [4.78, 5) is 12.7. The molecule has 0 unspecified atom stereocenters. The van der Waals surface area contributed by atoms with Gasteiger partial charge in [-0.05, 0) is 23.2 Å². The SMILES string of the molecule is C[C@@H]1CC(=O)[C@@H]2[C@@H]3[C@H]1[C@@]2(C)[C@H](OS(C)(=O)=O)[C@H](O)[C@@H](O)C3(C)C. The van der Waals surface area contributed by atoms with E-state index in [0.717, 1.165) is 6.26 Å². The van der Waals surface area contributed by atoms with Crippen LogP contribution in [0.15, 0.2) is 0 Å². The van der Waals surface area contributed by atoms with E-state index in [1.807, 2.05) is 27.7 Å². The molecule has 0 spiro atoms. The summed E-state index contributed by atoms with van der Waals surface area (Å²) < 4.78 is 28.7. The number of aliphatic hydroxyl groups is 2. The summed E-state index contributed by atoms with van der Waals surface area (Å²) in [5, 5.41) is 21.3. The van der Waals surface area contributed by atoms with E-state index < -0.39 is 39.3 Å². The number of hydrogen-bond donors (Lipinski definition) is 2. The number of carbonyl (C=O) groups is 1. The van der Waals surface area contributed by atoms with Crippen molar-refractivity contribution in [2.45, 2.75) is 52.4 Å². The topological polar surface area (TPSA) is 101 Å². The Hall–Kier alpha value is -0.500. The molecule has 0 saturated heterocycles. The summed E-state index contributed by atoms with van der Waals surface area (Å²) in [6.07, 6.45) is -2.20. The van der Waals surface area contributed by atoms with Gasteiger partial charge < -0.3 is 10.2 Å². The van der Waals surface area contributed by atoms with E-state index in [4.69, 9.17) is 4.18 Å². The van der Waals surface area contributed by atoms with E-state index in [0.29, 0.717) is 6.42 Å². The summed E-state index contributed by atoms with van der Waals surface area (Å²) >= 11 is 0. The van der Waals surface area contributed by atoms with Gasteiger partial charge in [0.15, 0.2) is 0 Å². The number of rotatable bonds is 2. The Labute approximate surface area is 137 Å². The molecule has 4 rings (SSSR count). The highest BCUT2D eigenvalue weighted by Crippen LogP contribution is 2.72. The van der Waals surface area contributed by atoms with Crippen LogP contribution in [0.2, 0.25) is 0 Å². The lowest BCUT2D eigenvalue weighted by molar-refractivity contribution is -0.230. The van der Waals surface area contributed by atoms with Crippen molar-refractivity contribution >= 4 is 15.9 Å². The van der Waals surface area contributed by atoms with Gasteiger partial charge in [0.05, 0.1) is 12.4 Å². The summed E-state index contributed by atoms with van der Waals surface area (Å²) in [5.74, 6) is -0.244. The summed E-state index contributed by atoms with van der Waals surface area (Å²) in [7, 11) is -3.83. The van der Waals surface area contributed by atoms with E-state index in [-0.39, 0.29) is 29.5 Å². The lowest BCUT2D eigenvalue weighted by Crippen LogP contribution is -2.71. The Bertz CT molecular complexity index is 641. The van der Waals surface area contributed by atoms with Crippen molar-refractivity contribution < 1.29 is 27.6 Å². The minimum atomic E-state index is -3.83. The zero-order valence-electron chi connectivity index (χ0n) is 14.2. The molecule has 0 aromatic carbocycles. The minimum absolute atomic E-state index is 0.0405. The van der Waals surface area contributed by atoms with Crippen molar-refractivity contribution in [1.29, 1.82) is 0 Å². The van der Waals surface area contributed by atoms with E-state index in [2.05, 4.69) is 0 Å². The molecule has 0 aliphatic heterocycles. The normalized spacial score (nSPS) is 51.8. The molecule has 4 aliphatic rings. The first-order valence-electron chi connectivity index (χ1n) is 8.10. The molecule has 0 amide bonds. The molecule has 4 bridgehead atoms. The molecule has 4 fully saturated rings. The van der Waals surface area contributed by atoms with Gasteiger partial charge >= 0.3 is 0 Å². The molecular formula is C16H26O6S. The maximum absolute atomic E-state index is 12.7. The van der Waals surface area contributed by atoms with Gasteiger partial charge in [0, 0.05) is 17.8 Å². The Kier molecular flexibility index (Phi) is 3.60. The van der Waals surface area contributed by atoms with Crippen LogP contribution in [0, 0.1) is 34.5 Å². The van der Waals surface area contributed by atoms with Crippen molar-refractivity contribution in [3.63, 3.8) is 0 Å². The molecule has 4 aliphatic carbocycles. The Morgan fingerprint density at radius 1 is 1.17 bits per heavy atom. The second-order valence-electron chi connectivity index (χ2n) is 8.52. The average molecular weight is 346 g/mol. The summed E-state index contributed by atoms with van der Waals surface area (Å²) in [6, 6.07) is 0. The van der Waals surface area contributed by atoms with Gasteiger partial charge in [0.2, 0.25) is 0 Å². The molecule has 0 aromatic heterocycles. The number of hydrogen-bond acceptors (Lipinski definition) is 6. The van der Waals surface area contributed by atoms with Gasteiger partial charge in [-0.15, -0.1) is 0 Å². The monoisotopic (exact) mass is 346 g/mol. The second-order valence-corrected chi connectivity index (χ2v) is 10.1. The largest absolute Gasteiger partial charge is 0.390 e. The van der Waals surface area contributed by atoms with Gasteiger partial charge in [0.25, 0.3) is 10.1 Å². The highest BCUT2D eigenvalue weighted by molar-refractivity contribution is 7.86. The van der Waals surface area contributed by atoms with Crippen LogP contribution in [0.1, 0.15) is 34.1 Å². The predicted molar refractivity (Wildman–Crippen MR) is 82.9 cm³/mol. The maximum Gasteiger partial charge on any atom is 0.264 e. The van der Waals surface area contributed by atoms with Gasteiger partial charge in [-0.1, -0.05) is 27.7 Å². The highest BCUT2D eigenvalue weighted by atomic mass is 32.2. The number of fused-ring (bicyclic) bond motifs is 2.